The van der Waals surface area contributed by atoms with Gasteiger partial charge in [0.1, 0.15) is 5.41 Å². The maximum Gasteiger partial charge on any atom is 0.331 e. The number of carbonyl (C=O) groups excluding carboxylic acids is 3. The maximum atomic E-state index is 13.1. The number of carbonyl (C=O) groups is 3. The molecule has 2 aliphatic carbocycles. The average molecular weight is 292 g/mol. The topological polar surface area (TPSA) is 66.5 Å². The Morgan fingerprint density at radius 2 is 1.38 bits per heavy atom. The van der Waals surface area contributed by atoms with Crippen LogP contribution in [-0.2, 0) is 9.59 Å². The molecule has 1 aliphatic heterocycles. The van der Waals surface area contributed by atoms with Crippen molar-refractivity contribution in [3.63, 3.8) is 0 Å². The van der Waals surface area contributed by atoms with E-state index in [0.717, 1.165) is 51.4 Å². The molecule has 3 rings (SSSR count). The molecule has 0 aromatic rings. The number of nitrogens with zero attached hydrogens (tertiary/aromatic N) is 1. The minimum atomic E-state index is -0.990. The summed E-state index contributed by atoms with van der Waals surface area (Å²) >= 11 is 0. The van der Waals surface area contributed by atoms with Crippen LogP contribution in [0.25, 0.3) is 0 Å². The quantitative estimate of drug-likeness (QED) is 0.756. The summed E-state index contributed by atoms with van der Waals surface area (Å²) in [4.78, 5) is 39.2. The second-order valence-electron chi connectivity index (χ2n) is 7.10. The third kappa shape index (κ3) is 2.17. The van der Waals surface area contributed by atoms with Crippen molar-refractivity contribution in [3.8, 4) is 0 Å². The Morgan fingerprint density at radius 3 is 1.95 bits per heavy atom. The van der Waals surface area contributed by atoms with E-state index in [0.29, 0.717) is 12.8 Å². The van der Waals surface area contributed by atoms with E-state index in [-0.39, 0.29) is 11.8 Å². The zero-order valence-corrected chi connectivity index (χ0v) is 12.7. The van der Waals surface area contributed by atoms with Gasteiger partial charge in [-0.2, -0.15) is 0 Å². The summed E-state index contributed by atoms with van der Waals surface area (Å²) < 4.78 is 0. The molecule has 0 atom stereocenters. The minimum Gasteiger partial charge on any atom is -0.277 e. The molecule has 2 saturated carbocycles. The predicted molar refractivity (Wildman–Crippen MR) is 77.4 cm³/mol. The van der Waals surface area contributed by atoms with Crippen LogP contribution in [0.3, 0.4) is 0 Å². The van der Waals surface area contributed by atoms with Crippen molar-refractivity contribution in [1.82, 2.24) is 10.2 Å². The highest BCUT2D eigenvalue weighted by atomic mass is 16.2. The third-order valence-corrected chi connectivity index (χ3v) is 5.65. The van der Waals surface area contributed by atoms with E-state index in [1.807, 2.05) is 6.92 Å². The van der Waals surface area contributed by atoms with Crippen LogP contribution in [0.2, 0.25) is 0 Å². The Balaban J connectivity index is 1.96. The van der Waals surface area contributed by atoms with E-state index in [1.54, 1.807) is 0 Å². The molecule has 116 valence electrons. The highest BCUT2D eigenvalue weighted by Crippen LogP contribution is 2.44. The molecule has 21 heavy (non-hydrogen) atoms. The number of hydrogen-bond acceptors (Lipinski definition) is 3. The lowest BCUT2D eigenvalue weighted by Crippen LogP contribution is -2.68. The van der Waals surface area contributed by atoms with E-state index in [2.05, 4.69) is 5.32 Å². The highest BCUT2D eigenvalue weighted by molar-refractivity contribution is 6.19. The van der Waals surface area contributed by atoms with Gasteiger partial charge in [-0.15, -0.1) is 0 Å². The lowest BCUT2D eigenvalue weighted by molar-refractivity contribution is -0.156. The summed E-state index contributed by atoms with van der Waals surface area (Å²) in [7, 11) is 0. The molecular formula is C16H24N2O3. The van der Waals surface area contributed by atoms with Crippen LogP contribution in [-0.4, -0.2) is 28.3 Å². The molecule has 5 heteroatoms. The fraction of sp³-hybridized carbons (Fsp3) is 0.812. The summed E-state index contributed by atoms with van der Waals surface area (Å²) in [5.41, 5.74) is -1.41. The number of imide groups is 2. The Bertz CT molecular complexity index is 472. The molecular weight excluding hydrogens is 268 g/mol. The summed E-state index contributed by atoms with van der Waals surface area (Å²) in [6, 6.07) is -0.510. The van der Waals surface area contributed by atoms with Crippen LogP contribution < -0.4 is 5.32 Å². The SMILES string of the molecule is CC1(N2C(=O)NC(=O)C3(CCCCCC3)C2=O)CCCC1. The molecule has 1 heterocycles. The normalized spacial score (nSPS) is 28.6. The predicted octanol–water partition coefficient (Wildman–Crippen LogP) is 2.74. The second-order valence-corrected chi connectivity index (χ2v) is 7.10. The molecule has 1 N–H and O–H groups in total. The fourth-order valence-corrected chi connectivity index (χ4v) is 4.30. The zero-order valence-electron chi connectivity index (χ0n) is 12.7. The number of nitrogens with one attached hydrogen (secondary N) is 1. The van der Waals surface area contributed by atoms with Gasteiger partial charge in [0.15, 0.2) is 0 Å². The fourth-order valence-electron chi connectivity index (χ4n) is 4.30. The first kappa shape index (κ1) is 14.5. The second kappa shape index (κ2) is 5.11. The zero-order chi connectivity index (χ0) is 15.1. The van der Waals surface area contributed by atoms with Crippen molar-refractivity contribution >= 4 is 17.8 Å². The first-order chi connectivity index (χ1) is 10.00. The Morgan fingerprint density at radius 1 is 0.857 bits per heavy atom. The van der Waals surface area contributed by atoms with Gasteiger partial charge in [-0.25, -0.2) is 4.79 Å². The van der Waals surface area contributed by atoms with Crippen LogP contribution in [0.5, 0.6) is 0 Å². The van der Waals surface area contributed by atoms with Gasteiger partial charge in [0.25, 0.3) is 0 Å². The lowest BCUT2D eigenvalue weighted by Gasteiger charge is -2.45. The monoisotopic (exact) mass is 292 g/mol. The lowest BCUT2D eigenvalue weighted by atomic mass is 9.75. The molecule has 0 aromatic heterocycles. The van der Waals surface area contributed by atoms with Gasteiger partial charge < -0.3 is 0 Å². The smallest absolute Gasteiger partial charge is 0.277 e. The number of amides is 4. The number of rotatable bonds is 1. The average Bonchev–Trinajstić information content (AvgIpc) is 2.74. The Kier molecular flexibility index (Phi) is 3.54. The molecule has 0 unspecified atom stereocenters. The van der Waals surface area contributed by atoms with Crippen LogP contribution in [0.4, 0.5) is 4.79 Å². The van der Waals surface area contributed by atoms with Crippen molar-refractivity contribution in [3.05, 3.63) is 0 Å². The summed E-state index contributed by atoms with van der Waals surface area (Å²) in [5.74, 6) is -0.597. The highest BCUT2D eigenvalue weighted by Gasteiger charge is 2.57. The van der Waals surface area contributed by atoms with E-state index in [9.17, 15) is 14.4 Å². The molecule has 1 spiro atoms. The van der Waals surface area contributed by atoms with Crippen molar-refractivity contribution in [2.75, 3.05) is 0 Å². The van der Waals surface area contributed by atoms with E-state index < -0.39 is 17.0 Å². The molecule has 3 fully saturated rings. The van der Waals surface area contributed by atoms with Crippen molar-refractivity contribution < 1.29 is 14.4 Å². The first-order valence-corrected chi connectivity index (χ1v) is 8.20. The summed E-state index contributed by atoms with van der Waals surface area (Å²) in [5, 5.41) is 2.48. The van der Waals surface area contributed by atoms with Gasteiger partial charge in [0.2, 0.25) is 11.8 Å². The van der Waals surface area contributed by atoms with Crippen LogP contribution in [0.15, 0.2) is 0 Å². The molecule has 4 amide bonds. The Labute approximate surface area is 125 Å². The largest absolute Gasteiger partial charge is 0.331 e. The van der Waals surface area contributed by atoms with Gasteiger partial charge >= 0.3 is 6.03 Å². The summed E-state index contributed by atoms with van der Waals surface area (Å²) in [6.45, 7) is 1.98. The van der Waals surface area contributed by atoms with Crippen LogP contribution in [0.1, 0.15) is 71.1 Å². The van der Waals surface area contributed by atoms with E-state index in [1.165, 1.54) is 4.90 Å². The van der Waals surface area contributed by atoms with Gasteiger partial charge in [-0.05, 0) is 32.6 Å². The van der Waals surface area contributed by atoms with Crippen molar-refractivity contribution in [2.45, 2.75) is 76.7 Å². The van der Waals surface area contributed by atoms with E-state index >= 15 is 0 Å². The molecule has 1 saturated heterocycles. The molecule has 0 radical (unpaired) electrons. The minimum absolute atomic E-state index is 0.234. The molecule has 3 aliphatic rings. The molecule has 5 nitrogen and oxygen atoms in total. The number of hydrogen-bond donors (Lipinski definition) is 1. The standard InChI is InChI=1S/C16H24N2O3/c1-15(8-6-7-9-15)18-13(20)16(12(19)17-14(18)21)10-4-2-3-5-11-16/h2-11H2,1H3,(H,17,19,21). The molecule has 0 aromatic carbocycles. The maximum absolute atomic E-state index is 13.1. The van der Waals surface area contributed by atoms with Gasteiger partial charge in [0, 0.05) is 5.54 Å². The van der Waals surface area contributed by atoms with Gasteiger partial charge in [-0.3, -0.25) is 19.8 Å². The summed E-state index contributed by atoms with van der Waals surface area (Å²) in [6.07, 6.45) is 8.82. The van der Waals surface area contributed by atoms with Crippen LogP contribution in [0, 0.1) is 5.41 Å². The number of urea groups is 1. The van der Waals surface area contributed by atoms with Gasteiger partial charge in [-0.1, -0.05) is 38.5 Å². The Hall–Kier alpha value is -1.39. The van der Waals surface area contributed by atoms with Crippen molar-refractivity contribution in [2.24, 2.45) is 5.41 Å². The first-order valence-electron chi connectivity index (χ1n) is 8.20. The van der Waals surface area contributed by atoms with E-state index in [4.69, 9.17) is 0 Å². The number of barbiturate groups is 1. The third-order valence-electron chi connectivity index (χ3n) is 5.65. The van der Waals surface area contributed by atoms with Crippen LogP contribution >= 0.6 is 0 Å². The van der Waals surface area contributed by atoms with Gasteiger partial charge in [0.05, 0.1) is 0 Å². The van der Waals surface area contributed by atoms with Crippen molar-refractivity contribution in [1.29, 1.82) is 0 Å². The molecule has 0 bridgehead atoms.